The second-order valence-electron chi connectivity index (χ2n) is 5.38. The number of aromatic nitrogens is 2. The number of carboxylic acid groups (broad SMARTS) is 1. The summed E-state index contributed by atoms with van der Waals surface area (Å²) in [5, 5.41) is 13.7. The summed E-state index contributed by atoms with van der Waals surface area (Å²) in [6.45, 7) is 0. The fourth-order valence-electron chi connectivity index (χ4n) is 2.94. The van der Waals surface area contributed by atoms with Gasteiger partial charge in [0.2, 0.25) is 5.92 Å². The van der Waals surface area contributed by atoms with Crippen molar-refractivity contribution in [1.82, 2.24) is 9.61 Å². The molecule has 0 aromatic carbocycles. The number of halogens is 3. The maximum absolute atomic E-state index is 13.5. The first-order valence-corrected chi connectivity index (χ1v) is 7.42. The van der Waals surface area contributed by atoms with Gasteiger partial charge in [-0.25, -0.2) is 13.3 Å². The van der Waals surface area contributed by atoms with Crippen molar-refractivity contribution in [2.24, 2.45) is 5.92 Å². The molecule has 1 N–H and O–H groups in total. The normalized spacial score (nSPS) is 25.1. The number of carbonyl (C=O) groups is 1. The lowest BCUT2D eigenvalue weighted by Crippen LogP contribution is -2.36. The van der Waals surface area contributed by atoms with E-state index in [0.29, 0.717) is 10.2 Å². The summed E-state index contributed by atoms with van der Waals surface area (Å²) in [6, 6.07) is 5.49. The molecule has 0 spiro atoms. The Kier molecular flexibility index (Phi) is 3.47. The standard InChI is InChI=1S/C14H13BrF2N2O2/c15-11-10-3-1-2-6-19(10)18-12(11)8-4-5-14(16,17)7-9(8)13(20)21/h1-3,6,8-9H,4-5,7H2,(H,20,21). The number of hydrogen-bond acceptors (Lipinski definition) is 2. The van der Waals surface area contributed by atoms with Gasteiger partial charge in [0.25, 0.3) is 0 Å². The Balaban J connectivity index is 2.04. The van der Waals surface area contributed by atoms with E-state index in [4.69, 9.17) is 0 Å². The van der Waals surface area contributed by atoms with Gasteiger partial charge in [0.1, 0.15) is 0 Å². The monoisotopic (exact) mass is 358 g/mol. The molecule has 7 heteroatoms. The smallest absolute Gasteiger partial charge is 0.307 e. The molecule has 2 heterocycles. The van der Waals surface area contributed by atoms with E-state index in [9.17, 15) is 18.7 Å². The average Bonchev–Trinajstić information content (AvgIpc) is 2.76. The molecule has 1 fully saturated rings. The van der Waals surface area contributed by atoms with Crippen LogP contribution in [-0.2, 0) is 4.79 Å². The van der Waals surface area contributed by atoms with Crippen LogP contribution >= 0.6 is 15.9 Å². The van der Waals surface area contributed by atoms with Gasteiger partial charge in [-0.1, -0.05) is 6.07 Å². The van der Waals surface area contributed by atoms with Crippen LogP contribution in [0, 0.1) is 5.92 Å². The maximum atomic E-state index is 13.5. The van der Waals surface area contributed by atoms with Crippen molar-refractivity contribution >= 4 is 27.4 Å². The molecule has 0 saturated heterocycles. The lowest BCUT2D eigenvalue weighted by atomic mass is 9.76. The molecule has 0 aliphatic heterocycles. The molecular weight excluding hydrogens is 346 g/mol. The summed E-state index contributed by atoms with van der Waals surface area (Å²) in [7, 11) is 0. The summed E-state index contributed by atoms with van der Waals surface area (Å²) >= 11 is 3.43. The van der Waals surface area contributed by atoms with Gasteiger partial charge in [-0.3, -0.25) is 4.79 Å². The fraction of sp³-hybridized carbons (Fsp3) is 0.429. The predicted octanol–water partition coefficient (Wildman–Crippen LogP) is 3.70. The topological polar surface area (TPSA) is 54.6 Å². The van der Waals surface area contributed by atoms with Gasteiger partial charge in [0, 0.05) is 25.0 Å². The van der Waals surface area contributed by atoms with Crippen LogP contribution in [0.25, 0.3) is 5.52 Å². The number of alkyl halides is 2. The largest absolute Gasteiger partial charge is 0.481 e. The van der Waals surface area contributed by atoms with E-state index >= 15 is 0 Å². The zero-order valence-electron chi connectivity index (χ0n) is 11.0. The fourth-order valence-corrected chi connectivity index (χ4v) is 3.63. The zero-order chi connectivity index (χ0) is 15.2. The lowest BCUT2D eigenvalue weighted by molar-refractivity contribution is -0.150. The maximum Gasteiger partial charge on any atom is 0.307 e. The summed E-state index contributed by atoms with van der Waals surface area (Å²) in [5.41, 5.74) is 1.35. The minimum Gasteiger partial charge on any atom is -0.481 e. The Morgan fingerprint density at radius 1 is 1.48 bits per heavy atom. The summed E-state index contributed by atoms with van der Waals surface area (Å²) in [4.78, 5) is 11.4. The summed E-state index contributed by atoms with van der Waals surface area (Å²) in [5.74, 6) is -5.72. The molecule has 2 aromatic rings. The number of rotatable bonds is 2. The molecule has 2 unspecified atom stereocenters. The third-order valence-corrected chi connectivity index (χ3v) is 4.81. The third kappa shape index (κ3) is 2.54. The highest BCUT2D eigenvalue weighted by Gasteiger charge is 2.46. The zero-order valence-corrected chi connectivity index (χ0v) is 12.6. The van der Waals surface area contributed by atoms with Crippen molar-refractivity contribution in [1.29, 1.82) is 0 Å². The Morgan fingerprint density at radius 3 is 2.90 bits per heavy atom. The second-order valence-corrected chi connectivity index (χ2v) is 6.17. The van der Waals surface area contributed by atoms with Gasteiger partial charge < -0.3 is 5.11 Å². The van der Waals surface area contributed by atoms with Crippen LogP contribution in [0.3, 0.4) is 0 Å². The molecule has 1 aliphatic carbocycles. The Labute approximate surface area is 127 Å². The molecule has 4 nitrogen and oxygen atoms in total. The van der Waals surface area contributed by atoms with Gasteiger partial charge in [-0.2, -0.15) is 5.10 Å². The van der Waals surface area contributed by atoms with Crippen molar-refractivity contribution in [3.05, 3.63) is 34.6 Å². The van der Waals surface area contributed by atoms with Gasteiger partial charge in [0.05, 0.1) is 21.6 Å². The number of pyridine rings is 1. The molecule has 0 amide bonds. The van der Waals surface area contributed by atoms with E-state index in [1.807, 2.05) is 12.1 Å². The van der Waals surface area contributed by atoms with E-state index in [0.717, 1.165) is 5.52 Å². The highest BCUT2D eigenvalue weighted by Crippen LogP contribution is 2.46. The molecule has 3 rings (SSSR count). The van der Waals surface area contributed by atoms with E-state index in [1.165, 1.54) is 0 Å². The number of carboxylic acids is 1. The van der Waals surface area contributed by atoms with Crippen molar-refractivity contribution in [2.75, 3.05) is 0 Å². The van der Waals surface area contributed by atoms with Crippen molar-refractivity contribution < 1.29 is 18.7 Å². The SMILES string of the molecule is O=C(O)C1CC(F)(F)CCC1c1nn2ccccc2c1Br. The van der Waals surface area contributed by atoms with Crippen molar-refractivity contribution in [3.8, 4) is 0 Å². The minimum absolute atomic E-state index is 0.118. The minimum atomic E-state index is -2.91. The molecule has 0 radical (unpaired) electrons. The predicted molar refractivity (Wildman–Crippen MR) is 75.6 cm³/mol. The summed E-state index contributed by atoms with van der Waals surface area (Å²) < 4.78 is 29.3. The number of nitrogens with zero attached hydrogens (tertiary/aromatic N) is 2. The highest BCUT2D eigenvalue weighted by molar-refractivity contribution is 9.10. The quantitative estimate of drug-likeness (QED) is 0.890. The van der Waals surface area contributed by atoms with Crippen molar-refractivity contribution in [3.63, 3.8) is 0 Å². The molecule has 1 aliphatic rings. The van der Waals surface area contributed by atoms with Crippen molar-refractivity contribution in [2.45, 2.75) is 31.1 Å². The van der Waals surface area contributed by atoms with Crippen LogP contribution in [0.4, 0.5) is 8.78 Å². The molecular formula is C14H13BrF2N2O2. The van der Waals surface area contributed by atoms with Gasteiger partial charge >= 0.3 is 5.97 Å². The van der Waals surface area contributed by atoms with Crippen LogP contribution < -0.4 is 0 Å². The molecule has 2 aromatic heterocycles. The highest BCUT2D eigenvalue weighted by atomic mass is 79.9. The Bertz CT molecular complexity index is 701. The van der Waals surface area contributed by atoms with Gasteiger partial charge in [-0.15, -0.1) is 0 Å². The average molecular weight is 359 g/mol. The van der Waals surface area contributed by atoms with Crippen LogP contribution in [0.15, 0.2) is 28.9 Å². The summed E-state index contributed by atoms with van der Waals surface area (Å²) in [6.07, 6.45) is 0.929. The first-order valence-electron chi connectivity index (χ1n) is 6.62. The van der Waals surface area contributed by atoms with Crippen LogP contribution in [0.5, 0.6) is 0 Å². The molecule has 0 bridgehead atoms. The van der Waals surface area contributed by atoms with Gasteiger partial charge in [0.15, 0.2) is 0 Å². The van der Waals surface area contributed by atoms with Crippen LogP contribution in [0.1, 0.15) is 30.9 Å². The molecule has 21 heavy (non-hydrogen) atoms. The second kappa shape index (κ2) is 5.05. The number of fused-ring (bicyclic) bond motifs is 1. The van der Waals surface area contributed by atoms with E-state index in [-0.39, 0.29) is 12.8 Å². The van der Waals surface area contributed by atoms with Crippen LogP contribution in [-0.4, -0.2) is 26.6 Å². The Hall–Kier alpha value is -1.50. The Morgan fingerprint density at radius 2 is 2.24 bits per heavy atom. The van der Waals surface area contributed by atoms with E-state index < -0.39 is 30.1 Å². The van der Waals surface area contributed by atoms with E-state index in [1.54, 1.807) is 16.8 Å². The first-order chi connectivity index (χ1) is 9.89. The molecule has 2 atom stereocenters. The lowest BCUT2D eigenvalue weighted by Gasteiger charge is -2.32. The molecule has 112 valence electrons. The number of aliphatic carboxylic acids is 1. The first kappa shape index (κ1) is 14.4. The number of hydrogen-bond donors (Lipinski definition) is 1. The molecule has 1 saturated carbocycles. The van der Waals surface area contributed by atoms with Gasteiger partial charge in [-0.05, 0) is 34.5 Å². The van der Waals surface area contributed by atoms with Crippen LogP contribution in [0.2, 0.25) is 0 Å². The third-order valence-electron chi connectivity index (χ3n) is 4.00. The van der Waals surface area contributed by atoms with E-state index in [2.05, 4.69) is 21.0 Å².